The standard InChI is InChI=1S/C14H27N3O/c1-4-17-12-14(11-16-17)18-9-7-5-6-8-15-10-13(2)3/h11-13,15H,4-10H2,1-3H3. The van der Waals surface area contributed by atoms with E-state index in [2.05, 4.69) is 31.2 Å². The van der Waals surface area contributed by atoms with Crippen LogP contribution in [-0.2, 0) is 6.54 Å². The monoisotopic (exact) mass is 253 g/mol. The minimum Gasteiger partial charge on any atom is -0.490 e. The highest BCUT2D eigenvalue weighted by Gasteiger charge is 1.98. The summed E-state index contributed by atoms with van der Waals surface area (Å²) in [6.45, 7) is 10.5. The molecule has 1 heterocycles. The maximum atomic E-state index is 5.63. The Morgan fingerprint density at radius 2 is 2.17 bits per heavy atom. The number of rotatable bonds is 10. The molecule has 4 nitrogen and oxygen atoms in total. The van der Waals surface area contributed by atoms with Gasteiger partial charge in [0, 0.05) is 6.54 Å². The number of ether oxygens (including phenoxy) is 1. The van der Waals surface area contributed by atoms with Crippen molar-refractivity contribution in [1.82, 2.24) is 15.1 Å². The van der Waals surface area contributed by atoms with Crippen LogP contribution in [0, 0.1) is 5.92 Å². The van der Waals surface area contributed by atoms with Crippen LogP contribution in [0.3, 0.4) is 0 Å². The molecule has 0 aliphatic carbocycles. The largest absolute Gasteiger partial charge is 0.490 e. The molecule has 1 aromatic rings. The third-order valence-corrected chi connectivity index (χ3v) is 2.75. The second kappa shape index (κ2) is 8.97. The van der Waals surface area contributed by atoms with Crippen LogP contribution in [-0.4, -0.2) is 29.5 Å². The van der Waals surface area contributed by atoms with Crippen molar-refractivity contribution in [1.29, 1.82) is 0 Å². The molecular weight excluding hydrogens is 226 g/mol. The van der Waals surface area contributed by atoms with Crippen LogP contribution in [0.15, 0.2) is 12.4 Å². The molecule has 0 atom stereocenters. The maximum absolute atomic E-state index is 5.63. The van der Waals surface area contributed by atoms with Gasteiger partial charge in [-0.15, -0.1) is 0 Å². The van der Waals surface area contributed by atoms with Gasteiger partial charge in [0.25, 0.3) is 0 Å². The summed E-state index contributed by atoms with van der Waals surface area (Å²) in [5.74, 6) is 1.62. The van der Waals surface area contributed by atoms with E-state index in [1.165, 1.54) is 12.8 Å². The number of hydrogen-bond acceptors (Lipinski definition) is 3. The van der Waals surface area contributed by atoms with Gasteiger partial charge in [-0.2, -0.15) is 5.10 Å². The van der Waals surface area contributed by atoms with Gasteiger partial charge < -0.3 is 10.1 Å². The molecule has 0 unspecified atom stereocenters. The molecule has 0 spiro atoms. The molecule has 0 amide bonds. The van der Waals surface area contributed by atoms with Crippen molar-refractivity contribution in [2.24, 2.45) is 5.92 Å². The van der Waals surface area contributed by atoms with Gasteiger partial charge >= 0.3 is 0 Å². The van der Waals surface area contributed by atoms with Crippen LogP contribution >= 0.6 is 0 Å². The molecular formula is C14H27N3O. The van der Waals surface area contributed by atoms with E-state index in [9.17, 15) is 0 Å². The molecule has 104 valence electrons. The van der Waals surface area contributed by atoms with Crippen molar-refractivity contribution in [3.8, 4) is 5.75 Å². The summed E-state index contributed by atoms with van der Waals surface area (Å²) in [6.07, 6.45) is 7.29. The van der Waals surface area contributed by atoms with Crippen molar-refractivity contribution in [2.45, 2.75) is 46.6 Å². The highest BCUT2D eigenvalue weighted by Crippen LogP contribution is 2.08. The molecule has 4 heteroatoms. The third-order valence-electron chi connectivity index (χ3n) is 2.75. The smallest absolute Gasteiger partial charge is 0.157 e. The first-order valence-corrected chi connectivity index (χ1v) is 7.08. The summed E-state index contributed by atoms with van der Waals surface area (Å²) in [4.78, 5) is 0. The van der Waals surface area contributed by atoms with Crippen molar-refractivity contribution >= 4 is 0 Å². The van der Waals surface area contributed by atoms with E-state index in [4.69, 9.17) is 4.74 Å². The predicted molar refractivity (Wildman–Crippen MR) is 75.0 cm³/mol. The van der Waals surface area contributed by atoms with Crippen LogP contribution in [0.4, 0.5) is 0 Å². The van der Waals surface area contributed by atoms with E-state index in [0.29, 0.717) is 0 Å². The zero-order chi connectivity index (χ0) is 13.2. The molecule has 0 radical (unpaired) electrons. The Labute approximate surface area is 111 Å². The number of aryl methyl sites for hydroxylation is 1. The van der Waals surface area contributed by atoms with Crippen molar-refractivity contribution in [3.05, 3.63) is 12.4 Å². The summed E-state index contributed by atoms with van der Waals surface area (Å²) in [6, 6.07) is 0. The van der Waals surface area contributed by atoms with Gasteiger partial charge in [-0.25, -0.2) is 0 Å². The molecule has 0 bridgehead atoms. The van der Waals surface area contributed by atoms with Gasteiger partial charge in [-0.05, 0) is 45.2 Å². The molecule has 0 fully saturated rings. The first kappa shape index (κ1) is 15.0. The summed E-state index contributed by atoms with van der Waals surface area (Å²) < 4.78 is 7.51. The topological polar surface area (TPSA) is 39.1 Å². The van der Waals surface area contributed by atoms with Crippen LogP contribution in [0.5, 0.6) is 5.75 Å². The molecule has 18 heavy (non-hydrogen) atoms. The molecule has 0 aliphatic heterocycles. The molecule has 1 N–H and O–H groups in total. The second-order valence-corrected chi connectivity index (χ2v) is 5.04. The SMILES string of the molecule is CCn1cc(OCCCCCNCC(C)C)cn1. The Hall–Kier alpha value is -1.03. The number of nitrogens with one attached hydrogen (secondary N) is 1. The Morgan fingerprint density at radius 1 is 1.33 bits per heavy atom. The lowest BCUT2D eigenvalue weighted by molar-refractivity contribution is 0.304. The average Bonchev–Trinajstić information content (AvgIpc) is 2.80. The lowest BCUT2D eigenvalue weighted by Crippen LogP contribution is -2.20. The first-order chi connectivity index (χ1) is 8.72. The first-order valence-electron chi connectivity index (χ1n) is 7.08. The van der Waals surface area contributed by atoms with Gasteiger partial charge in [-0.1, -0.05) is 13.8 Å². The van der Waals surface area contributed by atoms with E-state index < -0.39 is 0 Å². The predicted octanol–water partition coefficient (Wildman–Crippen LogP) is 2.70. The Bertz CT molecular complexity index is 310. The van der Waals surface area contributed by atoms with Crippen molar-refractivity contribution in [2.75, 3.05) is 19.7 Å². The van der Waals surface area contributed by atoms with Crippen LogP contribution in [0.2, 0.25) is 0 Å². The lowest BCUT2D eigenvalue weighted by Gasteiger charge is -2.07. The van der Waals surface area contributed by atoms with E-state index in [1.54, 1.807) is 6.20 Å². The fraction of sp³-hybridized carbons (Fsp3) is 0.786. The maximum Gasteiger partial charge on any atom is 0.157 e. The van der Waals surface area contributed by atoms with Gasteiger partial charge in [0.05, 0.1) is 19.0 Å². The van der Waals surface area contributed by atoms with Gasteiger partial charge in [0.1, 0.15) is 0 Å². The van der Waals surface area contributed by atoms with Crippen molar-refractivity contribution in [3.63, 3.8) is 0 Å². The van der Waals surface area contributed by atoms with Crippen LogP contribution in [0.1, 0.15) is 40.0 Å². The van der Waals surface area contributed by atoms with E-state index >= 15 is 0 Å². The van der Waals surface area contributed by atoms with Gasteiger partial charge in [-0.3, -0.25) is 4.68 Å². The van der Waals surface area contributed by atoms with E-state index in [-0.39, 0.29) is 0 Å². The molecule has 0 saturated carbocycles. The highest BCUT2D eigenvalue weighted by molar-refractivity contribution is 5.11. The number of hydrogen-bond donors (Lipinski definition) is 1. The summed E-state index contributed by atoms with van der Waals surface area (Å²) in [7, 11) is 0. The Morgan fingerprint density at radius 3 is 2.83 bits per heavy atom. The molecule has 0 aliphatic rings. The number of unbranched alkanes of at least 4 members (excludes halogenated alkanes) is 2. The molecule has 1 aromatic heterocycles. The molecule has 1 rings (SSSR count). The van der Waals surface area contributed by atoms with Gasteiger partial charge in [0.15, 0.2) is 5.75 Å². The fourth-order valence-corrected chi connectivity index (χ4v) is 1.70. The van der Waals surface area contributed by atoms with Crippen LogP contribution < -0.4 is 10.1 Å². The molecule has 0 saturated heterocycles. The van der Waals surface area contributed by atoms with Crippen LogP contribution in [0.25, 0.3) is 0 Å². The van der Waals surface area contributed by atoms with E-state index in [1.807, 2.05) is 10.9 Å². The Balaban J connectivity index is 1.92. The minimum atomic E-state index is 0.739. The average molecular weight is 253 g/mol. The summed E-state index contributed by atoms with van der Waals surface area (Å²) in [5.41, 5.74) is 0. The number of nitrogens with zero attached hydrogens (tertiary/aromatic N) is 2. The quantitative estimate of drug-likeness (QED) is 0.652. The fourth-order valence-electron chi connectivity index (χ4n) is 1.70. The highest BCUT2D eigenvalue weighted by atomic mass is 16.5. The minimum absolute atomic E-state index is 0.739. The summed E-state index contributed by atoms with van der Waals surface area (Å²) >= 11 is 0. The summed E-state index contributed by atoms with van der Waals surface area (Å²) in [5, 5.41) is 7.62. The zero-order valence-electron chi connectivity index (χ0n) is 12.0. The lowest BCUT2D eigenvalue weighted by atomic mass is 10.2. The third kappa shape index (κ3) is 6.64. The normalized spacial score (nSPS) is 11.1. The van der Waals surface area contributed by atoms with E-state index in [0.717, 1.165) is 44.3 Å². The Kier molecular flexibility index (Phi) is 7.49. The zero-order valence-corrected chi connectivity index (χ0v) is 12.0. The molecule has 0 aromatic carbocycles. The van der Waals surface area contributed by atoms with Gasteiger partial charge in [0.2, 0.25) is 0 Å². The van der Waals surface area contributed by atoms with Crippen molar-refractivity contribution < 1.29 is 4.74 Å². The second-order valence-electron chi connectivity index (χ2n) is 5.04. The number of aromatic nitrogens is 2.